The zero-order chi connectivity index (χ0) is 13.7. The monoisotopic (exact) mass is 289 g/mol. The van der Waals surface area contributed by atoms with E-state index in [1.54, 1.807) is 0 Å². The number of hydrogen-bond acceptors (Lipinski definition) is 2. The van der Waals surface area contributed by atoms with Gasteiger partial charge in [-0.3, -0.25) is 5.32 Å². The van der Waals surface area contributed by atoms with Crippen molar-refractivity contribution >= 4 is 22.7 Å². The summed E-state index contributed by atoms with van der Waals surface area (Å²) in [4.78, 5) is 0. The number of hydrogen-bond donors (Lipinski definition) is 3. The Balaban J connectivity index is 0.00000147. The van der Waals surface area contributed by atoms with E-state index in [9.17, 15) is 0 Å². The molecule has 0 atom stereocenters. The number of anilines is 2. The lowest BCUT2D eigenvalue weighted by Gasteiger charge is -2.24. The van der Waals surface area contributed by atoms with Crippen LogP contribution in [0.4, 0.5) is 22.7 Å². The summed E-state index contributed by atoms with van der Waals surface area (Å²) in [5.74, 6) is 0.383. The zero-order valence-electron chi connectivity index (χ0n) is 12.0. The van der Waals surface area contributed by atoms with Gasteiger partial charge >= 0.3 is 0 Å². The SMILES string of the molecule is Cc1cc2c(cc1N)[NH2+]c1cc(N)c(C)cc1C2C.[Cl-]. The third-order valence-electron chi connectivity index (χ3n) is 4.19. The Morgan fingerprint density at radius 2 is 1.25 bits per heavy atom. The molecule has 0 bridgehead atoms. The molecule has 1 aliphatic rings. The Kier molecular flexibility index (Phi) is 3.67. The van der Waals surface area contributed by atoms with Gasteiger partial charge in [0, 0.05) is 40.6 Å². The van der Waals surface area contributed by atoms with Crippen LogP contribution in [-0.4, -0.2) is 0 Å². The summed E-state index contributed by atoms with van der Waals surface area (Å²) in [6.45, 7) is 6.37. The van der Waals surface area contributed by atoms with E-state index in [-0.39, 0.29) is 12.4 Å². The molecule has 2 aromatic rings. The van der Waals surface area contributed by atoms with Crippen molar-refractivity contribution in [3.63, 3.8) is 0 Å². The molecule has 6 N–H and O–H groups in total. The Morgan fingerprint density at radius 1 is 0.850 bits per heavy atom. The minimum absolute atomic E-state index is 0. The van der Waals surface area contributed by atoms with Crippen LogP contribution < -0.4 is 29.2 Å². The molecule has 0 amide bonds. The molecule has 0 aromatic heterocycles. The lowest BCUT2D eigenvalue weighted by atomic mass is 9.85. The minimum atomic E-state index is 0. The van der Waals surface area contributed by atoms with Gasteiger partial charge in [0.1, 0.15) is 11.4 Å². The highest BCUT2D eigenvalue weighted by molar-refractivity contribution is 5.67. The number of quaternary nitrogens is 1. The number of halogens is 1. The summed E-state index contributed by atoms with van der Waals surface area (Å²) in [6.07, 6.45) is 0. The molecule has 0 spiro atoms. The molecule has 1 aliphatic heterocycles. The second kappa shape index (κ2) is 5.00. The van der Waals surface area contributed by atoms with Crippen molar-refractivity contribution in [2.45, 2.75) is 26.7 Å². The third-order valence-corrected chi connectivity index (χ3v) is 4.19. The highest BCUT2D eigenvalue weighted by atomic mass is 35.5. The van der Waals surface area contributed by atoms with E-state index < -0.39 is 0 Å². The van der Waals surface area contributed by atoms with Crippen molar-refractivity contribution in [2.75, 3.05) is 11.5 Å². The molecule has 0 aliphatic carbocycles. The van der Waals surface area contributed by atoms with Crippen LogP contribution in [0.25, 0.3) is 0 Å². The van der Waals surface area contributed by atoms with E-state index in [0.717, 1.165) is 22.5 Å². The zero-order valence-corrected chi connectivity index (χ0v) is 12.8. The van der Waals surface area contributed by atoms with Gasteiger partial charge in [0.15, 0.2) is 0 Å². The Morgan fingerprint density at radius 3 is 1.65 bits per heavy atom. The number of rotatable bonds is 0. The maximum Gasteiger partial charge on any atom is 0.140 e. The van der Waals surface area contributed by atoms with E-state index in [1.807, 2.05) is 0 Å². The van der Waals surface area contributed by atoms with Crippen LogP contribution in [0.15, 0.2) is 24.3 Å². The summed E-state index contributed by atoms with van der Waals surface area (Å²) in [7, 11) is 0. The lowest BCUT2D eigenvalue weighted by Crippen LogP contribution is -3.00. The van der Waals surface area contributed by atoms with Gasteiger partial charge in [0.2, 0.25) is 0 Å². The van der Waals surface area contributed by atoms with Gasteiger partial charge < -0.3 is 23.9 Å². The Bertz CT molecular complexity index is 622. The van der Waals surface area contributed by atoms with E-state index in [0.29, 0.717) is 5.92 Å². The first-order chi connectivity index (χ1) is 8.97. The summed E-state index contributed by atoms with van der Waals surface area (Å²) in [5.41, 5.74) is 21.2. The van der Waals surface area contributed by atoms with Crippen molar-refractivity contribution in [3.05, 3.63) is 46.5 Å². The lowest BCUT2D eigenvalue weighted by molar-refractivity contribution is -0.482. The van der Waals surface area contributed by atoms with Crippen LogP contribution in [0, 0.1) is 13.8 Å². The van der Waals surface area contributed by atoms with E-state index in [2.05, 4.69) is 50.4 Å². The van der Waals surface area contributed by atoms with Gasteiger partial charge in [-0.2, -0.15) is 0 Å². The molecular weight excluding hydrogens is 270 g/mol. The molecule has 3 nitrogen and oxygen atoms in total. The molecule has 1 heterocycles. The van der Waals surface area contributed by atoms with E-state index in [4.69, 9.17) is 11.5 Å². The molecule has 20 heavy (non-hydrogen) atoms. The van der Waals surface area contributed by atoms with Gasteiger partial charge in [-0.15, -0.1) is 0 Å². The van der Waals surface area contributed by atoms with E-state index in [1.165, 1.54) is 22.5 Å². The minimum Gasteiger partial charge on any atom is -1.00 e. The van der Waals surface area contributed by atoms with Gasteiger partial charge in [-0.25, -0.2) is 0 Å². The summed E-state index contributed by atoms with van der Waals surface area (Å²) in [6, 6.07) is 8.56. The fraction of sp³-hybridized carbons (Fsp3) is 0.250. The highest BCUT2D eigenvalue weighted by Gasteiger charge is 2.27. The molecule has 2 aromatic carbocycles. The summed E-state index contributed by atoms with van der Waals surface area (Å²) in [5, 5.41) is 2.19. The van der Waals surface area contributed by atoms with Crippen molar-refractivity contribution in [2.24, 2.45) is 0 Å². The average molecular weight is 290 g/mol. The normalized spacial score (nSPS) is 13.3. The van der Waals surface area contributed by atoms with Crippen molar-refractivity contribution < 1.29 is 17.7 Å². The number of nitrogen functional groups attached to an aromatic ring is 2. The van der Waals surface area contributed by atoms with Crippen LogP contribution in [0.1, 0.15) is 35.1 Å². The van der Waals surface area contributed by atoms with Crippen LogP contribution in [0.3, 0.4) is 0 Å². The topological polar surface area (TPSA) is 68.6 Å². The molecule has 0 saturated heterocycles. The molecule has 0 saturated carbocycles. The first kappa shape index (κ1) is 14.7. The first-order valence-electron chi connectivity index (χ1n) is 6.62. The first-order valence-corrected chi connectivity index (χ1v) is 6.62. The number of fused-ring (bicyclic) bond motifs is 2. The molecular formula is C16H20ClN3. The van der Waals surface area contributed by atoms with Gasteiger partial charge in [-0.1, -0.05) is 6.92 Å². The molecule has 0 fully saturated rings. The highest BCUT2D eigenvalue weighted by Crippen LogP contribution is 2.38. The largest absolute Gasteiger partial charge is 1.00 e. The molecule has 4 heteroatoms. The number of aryl methyl sites for hydroxylation is 2. The Hall–Kier alpha value is -1.71. The second-order valence-electron chi connectivity index (χ2n) is 5.54. The third kappa shape index (κ3) is 2.13. The maximum atomic E-state index is 6.02. The van der Waals surface area contributed by atoms with Gasteiger partial charge in [-0.05, 0) is 37.1 Å². The van der Waals surface area contributed by atoms with Crippen molar-refractivity contribution in [1.82, 2.24) is 0 Å². The van der Waals surface area contributed by atoms with Crippen molar-refractivity contribution in [3.8, 4) is 0 Å². The van der Waals surface area contributed by atoms with Gasteiger partial charge in [0.25, 0.3) is 0 Å². The van der Waals surface area contributed by atoms with Crippen LogP contribution in [0.5, 0.6) is 0 Å². The summed E-state index contributed by atoms with van der Waals surface area (Å²) >= 11 is 0. The summed E-state index contributed by atoms with van der Waals surface area (Å²) < 4.78 is 0. The second-order valence-corrected chi connectivity index (χ2v) is 5.54. The molecule has 3 rings (SSSR count). The fourth-order valence-corrected chi connectivity index (χ4v) is 2.86. The number of benzene rings is 2. The Labute approximate surface area is 125 Å². The van der Waals surface area contributed by atoms with Crippen molar-refractivity contribution in [1.29, 1.82) is 0 Å². The standard InChI is InChI=1S/C16H19N3.ClH/c1-8-4-11-10(3)12-5-9(2)14(18)7-16(12)19-15(11)6-13(8)17;/h4-7,10,19H,17-18H2,1-3H3;1H. The predicted molar refractivity (Wildman–Crippen MR) is 79.9 cm³/mol. The van der Waals surface area contributed by atoms with E-state index >= 15 is 0 Å². The van der Waals surface area contributed by atoms with Crippen LogP contribution in [0.2, 0.25) is 0 Å². The predicted octanol–water partition coefficient (Wildman–Crippen LogP) is -0.536. The maximum absolute atomic E-state index is 6.02. The molecule has 0 unspecified atom stereocenters. The van der Waals surface area contributed by atoms with Gasteiger partial charge in [0.05, 0.1) is 0 Å². The molecule has 0 radical (unpaired) electrons. The average Bonchev–Trinajstić information content (AvgIpc) is 2.35. The van der Waals surface area contributed by atoms with Crippen LogP contribution >= 0.6 is 0 Å². The number of nitrogens with two attached hydrogens (primary N) is 3. The molecule has 106 valence electrons. The van der Waals surface area contributed by atoms with Crippen LogP contribution in [-0.2, 0) is 0 Å². The quantitative estimate of drug-likeness (QED) is 0.571. The fourth-order valence-electron chi connectivity index (χ4n) is 2.86. The smallest absolute Gasteiger partial charge is 0.140 e.